The van der Waals surface area contributed by atoms with Gasteiger partial charge in [-0.1, -0.05) is 12.6 Å². The van der Waals surface area contributed by atoms with Gasteiger partial charge in [-0.15, -0.1) is 11.3 Å². The lowest BCUT2D eigenvalue weighted by Gasteiger charge is -2.35. The van der Waals surface area contributed by atoms with E-state index < -0.39 is 22.3 Å². The summed E-state index contributed by atoms with van der Waals surface area (Å²) in [6.07, 6.45) is -2.04. The van der Waals surface area contributed by atoms with Gasteiger partial charge < -0.3 is 9.88 Å². The van der Waals surface area contributed by atoms with Crippen molar-refractivity contribution in [3.63, 3.8) is 0 Å². The fourth-order valence-electron chi connectivity index (χ4n) is 6.61. The largest absolute Gasteiger partial charge is 0.393 e. The molecule has 0 saturated carbocycles. The van der Waals surface area contributed by atoms with E-state index in [1.807, 2.05) is 10.4 Å². The van der Waals surface area contributed by atoms with Crippen LogP contribution in [0.25, 0.3) is 21.1 Å². The lowest BCUT2D eigenvalue weighted by Crippen LogP contribution is -2.48. The van der Waals surface area contributed by atoms with Crippen LogP contribution in [0.15, 0.2) is 42.6 Å². The number of hydrogen-bond donors (Lipinski definition) is 1. The van der Waals surface area contributed by atoms with Crippen LogP contribution in [-0.4, -0.2) is 96.8 Å². The number of fused-ring (bicyclic) bond motifs is 2. The second-order valence-electron chi connectivity index (χ2n) is 12.3. The summed E-state index contributed by atoms with van der Waals surface area (Å²) in [5.41, 5.74) is 4.11. The minimum atomic E-state index is -4.26. The summed E-state index contributed by atoms with van der Waals surface area (Å²) in [5, 5.41) is 16.6. The number of aryl methyl sites for hydroxylation is 1. The minimum absolute atomic E-state index is 0.166. The first-order chi connectivity index (χ1) is 22.4. The van der Waals surface area contributed by atoms with Crippen LogP contribution >= 0.6 is 11.3 Å². The molecule has 250 valence electrons. The third-order valence-corrected chi connectivity index (χ3v) is 12.1. The van der Waals surface area contributed by atoms with Crippen LogP contribution < -0.4 is 5.32 Å². The average molecular weight is 685 g/mol. The number of nitriles is 1. The highest BCUT2D eigenvalue weighted by molar-refractivity contribution is 8.00. The van der Waals surface area contributed by atoms with Crippen LogP contribution in [0.2, 0.25) is 0 Å². The van der Waals surface area contributed by atoms with Gasteiger partial charge in [0.25, 0.3) is 0 Å². The third kappa shape index (κ3) is 7.49. The van der Waals surface area contributed by atoms with Gasteiger partial charge in [0.05, 0.1) is 11.8 Å². The molecule has 2 saturated heterocycles. The Morgan fingerprint density at radius 1 is 1.09 bits per heavy atom. The molecule has 0 aliphatic carbocycles. The molecule has 0 amide bonds. The number of halogens is 3. The van der Waals surface area contributed by atoms with E-state index in [0.717, 1.165) is 74.3 Å². The highest BCUT2D eigenvalue weighted by Gasteiger charge is 2.29. The molecule has 3 aromatic heterocycles. The maximum atomic E-state index is 12.9. The van der Waals surface area contributed by atoms with Gasteiger partial charge in [-0.05, 0) is 55.0 Å². The molecule has 4 aromatic rings. The maximum Gasteiger partial charge on any atom is 0.393 e. The number of nitrogens with zero attached hydrogens (tertiary/aromatic N) is 7. The Hall–Kier alpha value is -3.48. The van der Waals surface area contributed by atoms with Gasteiger partial charge >= 0.3 is 6.18 Å². The molecular weight excluding hydrogens is 646 g/mol. The summed E-state index contributed by atoms with van der Waals surface area (Å²) >= 11 is 1.06. The quantitative estimate of drug-likeness (QED) is 0.224. The number of hydrogen-bond acceptors (Lipinski definition) is 8. The van der Waals surface area contributed by atoms with Crippen LogP contribution in [-0.2, 0) is 29.2 Å². The Bertz CT molecular complexity index is 1910. The van der Waals surface area contributed by atoms with Crippen molar-refractivity contribution in [2.75, 3.05) is 51.1 Å². The van der Waals surface area contributed by atoms with E-state index >= 15 is 0 Å². The summed E-state index contributed by atoms with van der Waals surface area (Å²) < 4.78 is 55.3. The Balaban J connectivity index is 1.06. The molecule has 2 aliphatic rings. The monoisotopic (exact) mass is 684 g/mol. The zero-order valence-electron chi connectivity index (χ0n) is 26.4. The molecule has 14 heteroatoms. The van der Waals surface area contributed by atoms with Crippen molar-refractivity contribution in [1.29, 1.82) is 5.26 Å². The molecule has 2 aliphatic heterocycles. The lowest BCUT2D eigenvalue weighted by molar-refractivity contribution is -0.126. The molecule has 9 nitrogen and oxygen atoms in total. The van der Waals surface area contributed by atoms with E-state index in [9.17, 15) is 22.6 Å². The molecule has 47 heavy (non-hydrogen) atoms. The van der Waals surface area contributed by atoms with Crippen LogP contribution in [0.3, 0.4) is 0 Å². The first-order valence-electron chi connectivity index (χ1n) is 15.7. The van der Waals surface area contributed by atoms with Crippen molar-refractivity contribution >= 4 is 53.9 Å². The maximum absolute atomic E-state index is 12.9. The van der Waals surface area contributed by atoms with Gasteiger partial charge in [-0.25, -0.2) is 18.5 Å². The number of piperazine rings is 1. The molecule has 6 rings (SSSR count). The van der Waals surface area contributed by atoms with Crippen molar-refractivity contribution in [3.8, 4) is 6.07 Å². The number of aromatic nitrogens is 3. The number of piperidine rings is 1. The van der Waals surface area contributed by atoms with Crippen molar-refractivity contribution in [2.45, 2.75) is 51.5 Å². The lowest BCUT2D eigenvalue weighted by atomic mass is 10.0. The van der Waals surface area contributed by atoms with E-state index in [2.05, 4.69) is 67.2 Å². The SMILES string of the molecule is C=CS(=C)(=O)N1CCN(CCn2c(C#N)cc3c(C)c(CN4CCC(Nc5ncnc6sc(CC(F)(F)F)cc56)CC4)ccc32)CC1. The standard InChI is InChI=1S/C33H39F3N8OS2/c1-4-47(3,45)43-14-11-41(12-15-43)13-16-44-26(20-37)17-28-23(2)24(5-6-30(28)44)21-42-9-7-25(8-10-42)40-31-29-18-27(19-33(34,35)36)46-32(29)39-22-38-31/h4-6,17-18,22,25H,1,3,7-16,19,21H2,2H3,(H,38,39,40). The fraction of sp³-hybridized carbons (Fsp3) is 0.455. The van der Waals surface area contributed by atoms with Gasteiger partial charge in [0, 0.05) is 95.8 Å². The van der Waals surface area contributed by atoms with Crippen LogP contribution in [0, 0.1) is 18.3 Å². The highest BCUT2D eigenvalue weighted by atomic mass is 32.2. The molecule has 0 radical (unpaired) electrons. The van der Waals surface area contributed by atoms with Gasteiger partial charge in [0.1, 0.15) is 28.7 Å². The average Bonchev–Trinajstić information content (AvgIpc) is 3.63. The summed E-state index contributed by atoms with van der Waals surface area (Å²) in [4.78, 5) is 14.1. The van der Waals surface area contributed by atoms with E-state index in [1.165, 1.54) is 22.9 Å². The first kappa shape index (κ1) is 33.4. The summed E-state index contributed by atoms with van der Waals surface area (Å²) in [6.45, 7) is 12.8. The van der Waals surface area contributed by atoms with Gasteiger partial charge in [-0.2, -0.15) is 18.4 Å². The Morgan fingerprint density at radius 2 is 1.83 bits per heavy atom. The number of thiophene rings is 1. The number of rotatable bonds is 10. The summed E-state index contributed by atoms with van der Waals surface area (Å²) in [5.74, 6) is 4.40. The predicted molar refractivity (Wildman–Crippen MR) is 184 cm³/mol. The van der Waals surface area contributed by atoms with Crippen LogP contribution in [0.1, 0.15) is 34.5 Å². The molecule has 5 heterocycles. The summed E-state index contributed by atoms with van der Waals surface area (Å²) in [7, 11) is -2.41. The normalized spacial score (nSPS) is 18.8. The highest BCUT2D eigenvalue weighted by Crippen LogP contribution is 2.33. The minimum Gasteiger partial charge on any atom is -0.367 e. The van der Waals surface area contributed by atoms with Crippen LogP contribution in [0.5, 0.6) is 0 Å². The van der Waals surface area contributed by atoms with E-state index in [0.29, 0.717) is 41.4 Å². The third-order valence-electron chi connectivity index (χ3n) is 9.33. The topological polar surface area (TPSA) is 93.3 Å². The van der Waals surface area contributed by atoms with Crippen molar-refractivity contribution in [1.82, 2.24) is 28.6 Å². The smallest absolute Gasteiger partial charge is 0.367 e. The molecule has 1 N–H and O–H groups in total. The molecular formula is C33H39F3N8OS2. The molecule has 1 atom stereocenters. The second kappa shape index (κ2) is 13.6. The molecule has 2 fully saturated rings. The number of likely N-dealkylation sites (tertiary alicyclic amines) is 1. The van der Waals surface area contributed by atoms with E-state index in [-0.39, 0.29) is 10.9 Å². The van der Waals surface area contributed by atoms with E-state index in [4.69, 9.17) is 0 Å². The van der Waals surface area contributed by atoms with Crippen molar-refractivity contribution in [2.24, 2.45) is 0 Å². The zero-order chi connectivity index (χ0) is 33.3. The molecule has 1 aromatic carbocycles. The fourth-order valence-corrected chi connectivity index (χ4v) is 8.63. The van der Waals surface area contributed by atoms with Crippen LogP contribution in [0.4, 0.5) is 19.0 Å². The van der Waals surface area contributed by atoms with Gasteiger partial charge in [0.15, 0.2) is 0 Å². The summed E-state index contributed by atoms with van der Waals surface area (Å²) in [6, 6.07) is 10.4. The molecule has 0 spiro atoms. The van der Waals surface area contributed by atoms with Gasteiger partial charge in [-0.3, -0.25) is 9.80 Å². The Labute approximate surface area is 277 Å². The first-order valence-corrected chi connectivity index (χ1v) is 18.3. The molecule has 1 unspecified atom stereocenters. The number of alkyl halides is 3. The number of nitrogens with one attached hydrogen (secondary N) is 1. The van der Waals surface area contributed by atoms with Gasteiger partial charge in [0.2, 0.25) is 0 Å². The predicted octanol–water partition coefficient (Wildman–Crippen LogP) is 5.40. The molecule has 0 bridgehead atoms. The number of anilines is 1. The second-order valence-corrected chi connectivity index (χ2v) is 15.7. The zero-order valence-corrected chi connectivity index (χ0v) is 28.1. The Kier molecular flexibility index (Phi) is 9.64. The Morgan fingerprint density at radius 3 is 2.51 bits per heavy atom. The van der Waals surface area contributed by atoms with E-state index in [1.54, 1.807) is 6.07 Å². The van der Waals surface area contributed by atoms with Crippen molar-refractivity contribution < 1.29 is 17.4 Å². The van der Waals surface area contributed by atoms with Crippen molar-refractivity contribution in [3.05, 3.63) is 64.3 Å². The number of benzene rings is 1.